The van der Waals surface area contributed by atoms with Gasteiger partial charge in [-0.2, -0.15) is 0 Å². The van der Waals surface area contributed by atoms with Gasteiger partial charge in [0.2, 0.25) is 5.91 Å². The molecule has 1 atom stereocenters. The molecular formula is C16H24N2O. The highest BCUT2D eigenvalue weighted by Gasteiger charge is 2.19. The van der Waals surface area contributed by atoms with Crippen LogP contribution in [0.3, 0.4) is 0 Å². The summed E-state index contributed by atoms with van der Waals surface area (Å²) in [6.45, 7) is 3.08. The molecule has 1 aliphatic carbocycles. The lowest BCUT2D eigenvalue weighted by Gasteiger charge is -2.28. The average molecular weight is 260 g/mol. The van der Waals surface area contributed by atoms with Crippen LogP contribution in [0.1, 0.15) is 54.9 Å². The van der Waals surface area contributed by atoms with E-state index in [1.807, 2.05) is 18.2 Å². The fraction of sp³-hybridized carbons (Fsp3) is 0.562. The van der Waals surface area contributed by atoms with Crippen LogP contribution >= 0.6 is 0 Å². The Bertz CT molecular complexity index is 425. The third kappa shape index (κ3) is 4.06. The molecule has 3 nitrogen and oxygen atoms in total. The van der Waals surface area contributed by atoms with E-state index in [-0.39, 0.29) is 5.91 Å². The van der Waals surface area contributed by atoms with Gasteiger partial charge in [-0.3, -0.25) is 4.79 Å². The van der Waals surface area contributed by atoms with Crippen molar-refractivity contribution < 1.29 is 4.79 Å². The van der Waals surface area contributed by atoms with Gasteiger partial charge in [0.05, 0.1) is 0 Å². The standard InChI is InChI=1S/C16H24N2O/c1-12(14-7-3-2-4-8-14)18-11-13-6-5-9-15(10-13)16(17)19/h5-6,9-10,12,14,18H,2-4,7-8,11H2,1H3,(H2,17,19). The Kier molecular flexibility index (Phi) is 4.97. The zero-order valence-corrected chi connectivity index (χ0v) is 11.7. The molecule has 0 aromatic heterocycles. The minimum atomic E-state index is -0.359. The number of carbonyl (C=O) groups excluding carboxylic acids is 1. The lowest BCUT2D eigenvalue weighted by Crippen LogP contribution is -2.34. The van der Waals surface area contributed by atoms with Crippen molar-refractivity contribution in [3.05, 3.63) is 35.4 Å². The van der Waals surface area contributed by atoms with Gasteiger partial charge in [-0.05, 0) is 43.4 Å². The van der Waals surface area contributed by atoms with E-state index in [4.69, 9.17) is 5.73 Å². The van der Waals surface area contributed by atoms with Gasteiger partial charge in [0, 0.05) is 18.2 Å². The monoisotopic (exact) mass is 260 g/mol. The first-order valence-electron chi connectivity index (χ1n) is 7.29. The molecule has 0 radical (unpaired) electrons. The van der Waals surface area contributed by atoms with Crippen molar-refractivity contribution in [2.75, 3.05) is 0 Å². The van der Waals surface area contributed by atoms with E-state index in [9.17, 15) is 4.79 Å². The second-order valence-electron chi connectivity index (χ2n) is 5.63. The number of amides is 1. The highest BCUT2D eigenvalue weighted by molar-refractivity contribution is 5.92. The largest absolute Gasteiger partial charge is 0.366 e. The summed E-state index contributed by atoms with van der Waals surface area (Å²) in [5.41, 5.74) is 7.01. The molecule has 1 unspecified atom stereocenters. The van der Waals surface area contributed by atoms with Crippen LogP contribution in [0.15, 0.2) is 24.3 Å². The maximum atomic E-state index is 11.1. The summed E-state index contributed by atoms with van der Waals surface area (Å²) in [6, 6.07) is 8.10. The van der Waals surface area contributed by atoms with Crippen molar-refractivity contribution >= 4 is 5.91 Å². The molecule has 1 amide bonds. The van der Waals surface area contributed by atoms with Crippen molar-refractivity contribution in [3.8, 4) is 0 Å². The van der Waals surface area contributed by atoms with Crippen LogP contribution in [0, 0.1) is 5.92 Å². The van der Waals surface area contributed by atoms with Gasteiger partial charge < -0.3 is 11.1 Å². The number of hydrogen-bond acceptors (Lipinski definition) is 2. The van der Waals surface area contributed by atoms with Gasteiger partial charge in [0.1, 0.15) is 0 Å². The summed E-state index contributed by atoms with van der Waals surface area (Å²) in [5.74, 6) is 0.440. The van der Waals surface area contributed by atoms with Gasteiger partial charge in [0.15, 0.2) is 0 Å². The second-order valence-corrected chi connectivity index (χ2v) is 5.63. The summed E-state index contributed by atoms with van der Waals surface area (Å²) >= 11 is 0. The molecule has 1 aliphatic rings. The normalized spacial score (nSPS) is 18.2. The van der Waals surface area contributed by atoms with Crippen LogP contribution in [0.2, 0.25) is 0 Å². The Morgan fingerprint density at radius 3 is 2.79 bits per heavy atom. The Hall–Kier alpha value is -1.35. The van der Waals surface area contributed by atoms with Crippen molar-refractivity contribution in [3.63, 3.8) is 0 Å². The number of carbonyl (C=O) groups is 1. The van der Waals surface area contributed by atoms with Crippen molar-refractivity contribution in [1.29, 1.82) is 0 Å². The highest BCUT2D eigenvalue weighted by Crippen LogP contribution is 2.26. The number of nitrogens with one attached hydrogen (secondary N) is 1. The lowest BCUT2D eigenvalue weighted by molar-refractivity contribution is 0.1000. The molecule has 2 rings (SSSR count). The predicted octanol–water partition coefficient (Wildman–Crippen LogP) is 2.84. The first-order valence-corrected chi connectivity index (χ1v) is 7.29. The highest BCUT2D eigenvalue weighted by atomic mass is 16.1. The van der Waals surface area contributed by atoms with Crippen molar-refractivity contribution in [2.24, 2.45) is 11.7 Å². The van der Waals surface area contributed by atoms with Crippen LogP contribution in [-0.4, -0.2) is 11.9 Å². The molecule has 0 aliphatic heterocycles. The molecule has 0 heterocycles. The van der Waals surface area contributed by atoms with E-state index in [0.29, 0.717) is 11.6 Å². The van der Waals surface area contributed by atoms with Crippen LogP contribution in [0.25, 0.3) is 0 Å². The van der Waals surface area contributed by atoms with Crippen LogP contribution < -0.4 is 11.1 Å². The summed E-state index contributed by atoms with van der Waals surface area (Å²) in [7, 11) is 0. The maximum absolute atomic E-state index is 11.1. The third-order valence-electron chi connectivity index (χ3n) is 4.20. The topological polar surface area (TPSA) is 55.1 Å². The zero-order chi connectivity index (χ0) is 13.7. The molecule has 3 heteroatoms. The number of hydrogen-bond donors (Lipinski definition) is 2. The number of benzene rings is 1. The van der Waals surface area contributed by atoms with Gasteiger partial charge in [-0.1, -0.05) is 31.4 Å². The van der Waals surface area contributed by atoms with E-state index in [1.165, 1.54) is 32.1 Å². The molecular weight excluding hydrogens is 236 g/mol. The van der Waals surface area contributed by atoms with Gasteiger partial charge in [-0.15, -0.1) is 0 Å². The maximum Gasteiger partial charge on any atom is 0.248 e. The van der Waals surface area contributed by atoms with E-state index < -0.39 is 0 Å². The second kappa shape index (κ2) is 6.71. The third-order valence-corrected chi connectivity index (χ3v) is 4.20. The average Bonchev–Trinajstić information content (AvgIpc) is 2.46. The summed E-state index contributed by atoms with van der Waals surface area (Å²) < 4.78 is 0. The van der Waals surface area contributed by atoms with Crippen molar-refractivity contribution in [1.82, 2.24) is 5.32 Å². The smallest absolute Gasteiger partial charge is 0.248 e. The molecule has 1 saturated carbocycles. The van der Waals surface area contributed by atoms with E-state index in [0.717, 1.165) is 18.0 Å². The summed E-state index contributed by atoms with van der Waals surface area (Å²) in [6.07, 6.45) is 6.82. The van der Waals surface area contributed by atoms with E-state index in [1.54, 1.807) is 6.07 Å². The number of rotatable bonds is 5. The Morgan fingerprint density at radius 2 is 2.11 bits per heavy atom. The molecule has 0 saturated heterocycles. The number of nitrogens with two attached hydrogens (primary N) is 1. The Labute approximate surface area is 115 Å². The molecule has 1 aromatic carbocycles. The molecule has 3 N–H and O–H groups in total. The first kappa shape index (κ1) is 14.1. The molecule has 1 aromatic rings. The first-order chi connectivity index (χ1) is 9.16. The van der Waals surface area contributed by atoms with Gasteiger partial charge >= 0.3 is 0 Å². The molecule has 1 fully saturated rings. The van der Waals surface area contributed by atoms with E-state index >= 15 is 0 Å². The fourth-order valence-electron chi connectivity index (χ4n) is 2.91. The fourth-order valence-corrected chi connectivity index (χ4v) is 2.91. The quantitative estimate of drug-likeness (QED) is 0.855. The van der Waals surface area contributed by atoms with Crippen LogP contribution in [-0.2, 0) is 6.54 Å². The molecule has 19 heavy (non-hydrogen) atoms. The zero-order valence-electron chi connectivity index (χ0n) is 11.7. The van der Waals surface area contributed by atoms with Crippen LogP contribution in [0.4, 0.5) is 0 Å². The van der Waals surface area contributed by atoms with E-state index in [2.05, 4.69) is 12.2 Å². The lowest BCUT2D eigenvalue weighted by atomic mass is 9.84. The summed E-state index contributed by atoms with van der Waals surface area (Å²) in [5, 5.41) is 3.58. The summed E-state index contributed by atoms with van der Waals surface area (Å²) in [4.78, 5) is 11.1. The SMILES string of the molecule is CC(NCc1cccc(C(N)=O)c1)C1CCCCC1. The predicted molar refractivity (Wildman–Crippen MR) is 77.8 cm³/mol. The molecule has 0 spiro atoms. The van der Waals surface area contributed by atoms with Gasteiger partial charge in [0.25, 0.3) is 0 Å². The Balaban J connectivity index is 1.87. The minimum absolute atomic E-state index is 0.359. The number of primary amides is 1. The molecule has 104 valence electrons. The van der Waals surface area contributed by atoms with Gasteiger partial charge in [-0.25, -0.2) is 0 Å². The molecule has 0 bridgehead atoms. The van der Waals surface area contributed by atoms with Crippen LogP contribution in [0.5, 0.6) is 0 Å². The van der Waals surface area contributed by atoms with Crippen molar-refractivity contribution in [2.45, 2.75) is 51.6 Å². The Morgan fingerprint density at radius 1 is 1.37 bits per heavy atom. The minimum Gasteiger partial charge on any atom is -0.366 e.